The molecule has 66 valence electrons. The van der Waals surface area contributed by atoms with Gasteiger partial charge in [-0.2, -0.15) is 0 Å². The van der Waals surface area contributed by atoms with Gasteiger partial charge in [0, 0.05) is 13.5 Å². The number of aromatic nitrogens is 2. The molecule has 0 aliphatic carbocycles. The van der Waals surface area contributed by atoms with E-state index < -0.39 is 0 Å². The van der Waals surface area contributed by atoms with E-state index in [1.807, 2.05) is 6.92 Å². The highest BCUT2D eigenvalue weighted by Crippen LogP contribution is 2.29. The maximum Gasteiger partial charge on any atom is 0.222 e. The summed E-state index contributed by atoms with van der Waals surface area (Å²) in [6.07, 6.45) is 1.20. The predicted octanol–water partition coefficient (Wildman–Crippen LogP) is 1.27. The first-order chi connectivity index (χ1) is 5.77. The van der Waals surface area contributed by atoms with Crippen LogP contribution in [0, 0.1) is 6.92 Å². The van der Waals surface area contributed by atoms with Crippen LogP contribution in [-0.4, -0.2) is 22.9 Å². The lowest BCUT2D eigenvalue weighted by atomic mass is 10.0. The standard InChI is InChI=1S/C8H12N2O2/c1-5-7(3-4-11-5)8-10-9-6(2)12-8/h5,7H,3-4H2,1-2H3. The minimum absolute atomic E-state index is 0.213. The van der Waals surface area contributed by atoms with Gasteiger partial charge in [-0.05, 0) is 13.3 Å². The van der Waals surface area contributed by atoms with E-state index >= 15 is 0 Å². The fourth-order valence-electron chi connectivity index (χ4n) is 1.52. The van der Waals surface area contributed by atoms with Gasteiger partial charge in [0.2, 0.25) is 11.8 Å². The molecule has 4 nitrogen and oxygen atoms in total. The average molecular weight is 168 g/mol. The highest BCUT2D eigenvalue weighted by molar-refractivity contribution is 4.96. The van der Waals surface area contributed by atoms with E-state index in [0.717, 1.165) is 18.9 Å². The minimum Gasteiger partial charge on any atom is -0.425 e. The average Bonchev–Trinajstić information content (AvgIpc) is 2.58. The summed E-state index contributed by atoms with van der Waals surface area (Å²) in [5.41, 5.74) is 0. The van der Waals surface area contributed by atoms with Crippen molar-refractivity contribution in [2.45, 2.75) is 32.3 Å². The Hall–Kier alpha value is -0.900. The molecule has 2 unspecified atom stereocenters. The van der Waals surface area contributed by atoms with Crippen molar-refractivity contribution in [2.24, 2.45) is 0 Å². The van der Waals surface area contributed by atoms with Crippen LogP contribution in [0.25, 0.3) is 0 Å². The van der Waals surface area contributed by atoms with E-state index in [1.54, 1.807) is 6.92 Å². The van der Waals surface area contributed by atoms with E-state index in [2.05, 4.69) is 10.2 Å². The number of nitrogens with zero attached hydrogens (tertiary/aromatic N) is 2. The molecule has 0 radical (unpaired) electrons. The first-order valence-electron chi connectivity index (χ1n) is 4.19. The molecule has 2 heterocycles. The molecule has 1 aliphatic rings. The Morgan fingerprint density at radius 3 is 2.75 bits per heavy atom. The summed E-state index contributed by atoms with van der Waals surface area (Å²) in [6, 6.07) is 0. The zero-order valence-corrected chi connectivity index (χ0v) is 7.28. The van der Waals surface area contributed by atoms with Crippen molar-refractivity contribution in [3.8, 4) is 0 Å². The Labute approximate surface area is 70.9 Å². The maximum atomic E-state index is 5.40. The molecular weight excluding hydrogens is 156 g/mol. The topological polar surface area (TPSA) is 48.2 Å². The van der Waals surface area contributed by atoms with Gasteiger partial charge in [0.1, 0.15) is 0 Å². The normalized spacial score (nSPS) is 29.5. The largest absolute Gasteiger partial charge is 0.425 e. The molecule has 1 aromatic rings. The first-order valence-corrected chi connectivity index (χ1v) is 4.19. The van der Waals surface area contributed by atoms with Crippen molar-refractivity contribution in [1.82, 2.24) is 10.2 Å². The van der Waals surface area contributed by atoms with Crippen molar-refractivity contribution in [3.63, 3.8) is 0 Å². The molecule has 1 aliphatic heterocycles. The smallest absolute Gasteiger partial charge is 0.222 e. The van der Waals surface area contributed by atoms with E-state index in [1.165, 1.54) is 0 Å². The van der Waals surface area contributed by atoms with Gasteiger partial charge in [0.25, 0.3) is 0 Å². The Morgan fingerprint density at radius 2 is 2.25 bits per heavy atom. The number of rotatable bonds is 1. The van der Waals surface area contributed by atoms with Crippen molar-refractivity contribution in [3.05, 3.63) is 11.8 Å². The molecule has 1 saturated heterocycles. The van der Waals surface area contributed by atoms with Crippen molar-refractivity contribution < 1.29 is 9.15 Å². The summed E-state index contributed by atoms with van der Waals surface area (Å²) in [6.45, 7) is 4.64. The second-order valence-electron chi connectivity index (χ2n) is 3.13. The van der Waals surface area contributed by atoms with Crippen LogP contribution in [0.15, 0.2) is 4.42 Å². The molecule has 4 heteroatoms. The molecule has 0 N–H and O–H groups in total. The molecule has 2 rings (SSSR count). The SMILES string of the molecule is Cc1nnc(C2CCOC2C)o1. The van der Waals surface area contributed by atoms with Crippen LogP contribution in [0.5, 0.6) is 0 Å². The summed E-state index contributed by atoms with van der Waals surface area (Å²) < 4.78 is 10.7. The molecule has 0 aromatic carbocycles. The van der Waals surface area contributed by atoms with E-state index in [-0.39, 0.29) is 6.10 Å². The Morgan fingerprint density at radius 1 is 1.42 bits per heavy atom. The Bertz CT molecular complexity index is 272. The third-order valence-electron chi connectivity index (χ3n) is 2.24. The van der Waals surface area contributed by atoms with Gasteiger partial charge in [-0.15, -0.1) is 10.2 Å². The number of hydrogen-bond donors (Lipinski definition) is 0. The van der Waals surface area contributed by atoms with Gasteiger partial charge >= 0.3 is 0 Å². The molecule has 1 fully saturated rings. The Balaban J connectivity index is 2.19. The fraction of sp³-hybridized carbons (Fsp3) is 0.750. The molecular formula is C8H12N2O2. The molecule has 0 amide bonds. The summed E-state index contributed by atoms with van der Waals surface area (Å²) in [5.74, 6) is 1.65. The van der Waals surface area contributed by atoms with Crippen LogP contribution >= 0.6 is 0 Å². The lowest BCUT2D eigenvalue weighted by Crippen LogP contribution is -2.09. The van der Waals surface area contributed by atoms with Crippen LogP contribution in [0.4, 0.5) is 0 Å². The number of aryl methyl sites for hydroxylation is 1. The first kappa shape index (κ1) is 7.73. The van der Waals surface area contributed by atoms with Gasteiger partial charge in [-0.3, -0.25) is 0 Å². The number of hydrogen-bond acceptors (Lipinski definition) is 4. The minimum atomic E-state index is 0.213. The van der Waals surface area contributed by atoms with Crippen molar-refractivity contribution in [2.75, 3.05) is 6.61 Å². The van der Waals surface area contributed by atoms with Gasteiger partial charge in [0.05, 0.1) is 12.0 Å². The molecule has 0 spiro atoms. The second-order valence-corrected chi connectivity index (χ2v) is 3.13. The van der Waals surface area contributed by atoms with Gasteiger partial charge < -0.3 is 9.15 Å². The number of ether oxygens (including phenoxy) is 1. The highest BCUT2D eigenvalue weighted by Gasteiger charge is 2.29. The molecule has 1 aromatic heterocycles. The third-order valence-corrected chi connectivity index (χ3v) is 2.24. The van der Waals surface area contributed by atoms with Crippen LogP contribution in [0.3, 0.4) is 0 Å². The predicted molar refractivity (Wildman–Crippen MR) is 41.8 cm³/mol. The highest BCUT2D eigenvalue weighted by atomic mass is 16.5. The summed E-state index contributed by atoms with van der Waals surface area (Å²) in [4.78, 5) is 0. The van der Waals surface area contributed by atoms with E-state index in [9.17, 15) is 0 Å². The monoisotopic (exact) mass is 168 g/mol. The molecule has 0 bridgehead atoms. The Kier molecular flexibility index (Phi) is 1.84. The third kappa shape index (κ3) is 1.22. The summed E-state index contributed by atoms with van der Waals surface area (Å²) >= 11 is 0. The van der Waals surface area contributed by atoms with Crippen LogP contribution in [0.2, 0.25) is 0 Å². The van der Waals surface area contributed by atoms with Gasteiger partial charge in [0.15, 0.2) is 0 Å². The van der Waals surface area contributed by atoms with Gasteiger partial charge in [-0.25, -0.2) is 0 Å². The van der Waals surface area contributed by atoms with Crippen LogP contribution in [0.1, 0.15) is 31.0 Å². The summed E-state index contributed by atoms with van der Waals surface area (Å²) in [5, 5.41) is 7.77. The fourth-order valence-corrected chi connectivity index (χ4v) is 1.52. The molecule has 12 heavy (non-hydrogen) atoms. The van der Waals surface area contributed by atoms with E-state index in [0.29, 0.717) is 11.8 Å². The lowest BCUT2D eigenvalue weighted by molar-refractivity contribution is 0.114. The second kappa shape index (κ2) is 2.86. The van der Waals surface area contributed by atoms with Crippen molar-refractivity contribution in [1.29, 1.82) is 0 Å². The van der Waals surface area contributed by atoms with Crippen molar-refractivity contribution >= 4 is 0 Å². The van der Waals surface area contributed by atoms with E-state index in [4.69, 9.17) is 9.15 Å². The zero-order valence-electron chi connectivity index (χ0n) is 7.28. The van der Waals surface area contributed by atoms with Crippen LogP contribution in [-0.2, 0) is 4.74 Å². The van der Waals surface area contributed by atoms with Gasteiger partial charge in [-0.1, -0.05) is 0 Å². The molecule has 2 atom stereocenters. The lowest BCUT2D eigenvalue weighted by Gasteiger charge is -2.07. The van der Waals surface area contributed by atoms with Crippen LogP contribution < -0.4 is 0 Å². The zero-order chi connectivity index (χ0) is 8.55. The summed E-state index contributed by atoms with van der Waals surface area (Å²) in [7, 11) is 0. The molecule has 0 saturated carbocycles. The maximum absolute atomic E-state index is 5.40. The quantitative estimate of drug-likeness (QED) is 0.633.